The molecule has 3 N–H and O–H groups in total. The van der Waals surface area contributed by atoms with Crippen molar-refractivity contribution in [1.82, 2.24) is 0 Å². The second kappa shape index (κ2) is 59.1. The average Bonchev–Trinajstić information content (AvgIpc) is 3.68. The smallest absolute Gasteiger partial charge is 0.462 e. The van der Waals surface area contributed by atoms with Gasteiger partial charge in [0.15, 0.2) is 12.2 Å². The predicted molar refractivity (Wildman–Crippen MR) is 349 cm³/mol. The number of aliphatic hydroxyl groups excluding tert-OH is 1. The fraction of sp³-hybridized carbons (Fsp3) is 0.941. The molecule has 0 spiro atoms. The van der Waals surface area contributed by atoms with Gasteiger partial charge in [-0.15, -0.1) is 0 Å². The molecule has 0 bridgehead atoms. The second-order valence-electron chi connectivity index (χ2n) is 26.0. The first kappa shape index (κ1) is 85.1. The third kappa shape index (κ3) is 62.6. The lowest BCUT2D eigenvalue weighted by Gasteiger charge is -2.21. The number of rotatable bonds is 66. The fourth-order valence-corrected chi connectivity index (χ4v) is 11.8. The molecule has 0 aliphatic carbocycles. The van der Waals surface area contributed by atoms with Crippen molar-refractivity contribution >= 4 is 39.5 Å². The number of phosphoric acid groups is 2. The van der Waals surface area contributed by atoms with E-state index in [0.717, 1.165) is 108 Å². The summed E-state index contributed by atoms with van der Waals surface area (Å²) in [5, 5.41) is 10.6. The summed E-state index contributed by atoms with van der Waals surface area (Å²) < 4.78 is 68.2. The number of esters is 4. The number of hydrogen-bond acceptors (Lipinski definition) is 15. The molecule has 0 aliphatic rings. The Morgan fingerprint density at radius 3 is 0.782 bits per heavy atom. The topological polar surface area (TPSA) is 237 Å². The second-order valence-corrected chi connectivity index (χ2v) is 28.9. The Morgan fingerprint density at radius 2 is 0.529 bits per heavy atom. The van der Waals surface area contributed by atoms with E-state index in [1.54, 1.807) is 0 Å². The van der Waals surface area contributed by atoms with Gasteiger partial charge < -0.3 is 33.8 Å². The molecule has 0 aliphatic heterocycles. The van der Waals surface area contributed by atoms with E-state index in [9.17, 15) is 43.2 Å². The van der Waals surface area contributed by atoms with Gasteiger partial charge in [-0.3, -0.25) is 37.3 Å². The van der Waals surface area contributed by atoms with E-state index >= 15 is 0 Å². The molecule has 516 valence electrons. The molecule has 5 atom stereocenters. The van der Waals surface area contributed by atoms with Crippen LogP contribution < -0.4 is 0 Å². The van der Waals surface area contributed by atoms with Gasteiger partial charge in [0.25, 0.3) is 0 Å². The summed E-state index contributed by atoms with van der Waals surface area (Å²) in [5.74, 6) is 0.0733. The quantitative estimate of drug-likeness (QED) is 0.0222. The Kier molecular flexibility index (Phi) is 57.8. The van der Waals surface area contributed by atoms with Crippen LogP contribution in [0.1, 0.15) is 337 Å². The number of phosphoric ester groups is 2. The molecule has 0 saturated heterocycles. The van der Waals surface area contributed by atoms with Crippen molar-refractivity contribution < 1.29 is 80.2 Å². The highest BCUT2D eigenvalue weighted by Crippen LogP contribution is 2.45. The van der Waals surface area contributed by atoms with Gasteiger partial charge >= 0.3 is 39.5 Å². The molecule has 2 unspecified atom stereocenters. The van der Waals surface area contributed by atoms with Crippen LogP contribution in [-0.4, -0.2) is 96.7 Å². The van der Waals surface area contributed by atoms with E-state index in [4.69, 9.17) is 37.0 Å². The first-order valence-electron chi connectivity index (χ1n) is 35.3. The largest absolute Gasteiger partial charge is 0.472 e. The van der Waals surface area contributed by atoms with Gasteiger partial charge in [-0.1, -0.05) is 286 Å². The molecule has 17 nitrogen and oxygen atoms in total. The third-order valence-corrected chi connectivity index (χ3v) is 17.5. The summed E-state index contributed by atoms with van der Waals surface area (Å²) in [6, 6.07) is 0. The summed E-state index contributed by atoms with van der Waals surface area (Å²) in [5.41, 5.74) is 0. The molecule has 0 saturated carbocycles. The molecule has 0 aromatic heterocycles. The maximum atomic E-state index is 13.0. The number of carbonyl (C=O) groups is 4. The first-order chi connectivity index (χ1) is 41.7. The minimum atomic E-state index is -4.95. The number of hydrogen-bond donors (Lipinski definition) is 3. The Bertz CT molecular complexity index is 1720. The van der Waals surface area contributed by atoms with E-state index in [-0.39, 0.29) is 25.7 Å². The lowest BCUT2D eigenvalue weighted by atomic mass is 10.0. The van der Waals surface area contributed by atoms with Gasteiger partial charge in [0, 0.05) is 25.7 Å². The number of aliphatic hydroxyl groups is 1. The van der Waals surface area contributed by atoms with Crippen LogP contribution in [0, 0.1) is 17.8 Å². The van der Waals surface area contributed by atoms with Crippen LogP contribution >= 0.6 is 15.6 Å². The van der Waals surface area contributed by atoms with Crippen molar-refractivity contribution in [1.29, 1.82) is 0 Å². The minimum absolute atomic E-state index is 0.105. The lowest BCUT2D eigenvalue weighted by molar-refractivity contribution is -0.161. The molecule has 0 heterocycles. The van der Waals surface area contributed by atoms with Crippen molar-refractivity contribution in [3.63, 3.8) is 0 Å². The maximum Gasteiger partial charge on any atom is 0.472 e. The standard InChI is InChI=1S/C68H132O17P2/c1-8-9-10-11-12-13-15-23-28-37-44-51-67(72)85-64(56-79-66(71)50-43-36-31-30-34-41-48-61(6)7)58-83-87(76,77)81-54-62(69)53-80-86(74,75)82-57-63(55-78-65(70)49-42-35-27-22-19-18-21-26-33-40-47-60(4)5)84-68(73)52-45-38-29-24-17-14-16-20-25-32-39-46-59(2)3/h59-64,69H,8-58H2,1-7H3,(H,74,75)(H,76,77)/t62-,63-,64-/m1/s1. The van der Waals surface area contributed by atoms with E-state index in [0.29, 0.717) is 31.6 Å². The fourth-order valence-electron chi connectivity index (χ4n) is 10.2. The molecule has 0 amide bonds. The Morgan fingerprint density at radius 1 is 0.310 bits per heavy atom. The van der Waals surface area contributed by atoms with Gasteiger partial charge in [-0.25, -0.2) is 9.13 Å². The predicted octanol–water partition coefficient (Wildman–Crippen LogP) is 19.1. The lowest BCUT2D eigenvalue weighted by Crippen LogP contribution is -2.30. The molecular weight excluding hydrogens is 1150 g/mol. The van der Waals surface area contributed by atoms with Crippen molar-refractivity contribution in [2.45, 2.75) is 356 Å². The monoisotopic (exact) mass is 1280 g/mol. The Labute approximate surface area is 530 Å². The van der Waals surface area contributed by atoms with Crippen LogP contribution in [0.4, 0.5) is 0 Å². The summed E-state index contributed by atoms with van der Waals surface area (Å²) in [7, 11) is -9.90. The zero-order valence-corrected chi connectivity index (χ0v) is 58.3. The van der Waals surface area contributed by atoms with Crippen LogP contribution in [0.3, 0.4) is 0 Å². The summed E-state index contributed by atoms with van der Waals surface area (Å²) in [4.78, 5) is 72.4. The Hall–Kier alpha value is -1.94. The molecule has 0 fully saturated rings. The molecule has 0 rings (SSSR count). The third-order valence-electron chi connectivity index (χ3n) is 15.6. The van der Waals surface area contributed by atoms with Gasteiger partial charge in [0.1, 0.15) is 19.3 Å². The highest BCUT2D eigenvalue weighted by Gasteiger charge is 2.30. The van der Waals surface area contributed by atoms with Gasteiger partial charge in [0.05, 0.1) is 26.4 Å². The van der Waals surface area contributed by atoms with Crippen LogP contribution in [0.15, 0.2) is 0 Å². The van der Waals surface area contributed by atoms with Crippen molar-refractivity contribution in [2.24, 2.45) is 17.8 Å². The molecule has 19 heteroatoms. The van der Waals surface area contributed by atoms with Crippen LogP contribution in [-0.2, 0) is 65.4 Å². The summed E-state index contributed by atoms with van der Waals surface area (Å²) in [6.07, 6.45) is 41.7. The highest BCUT2D eigenvalue weighted by atomic mass is 31.2. The summed E-state index contributed by atoms with van der Waals surface area (Å²) >= 11 is 0. The van der Waals surface area contributed by atoms with Gasteiger partial charge in [-0.2, -0.15) is 0 Å². The van der Waals surface area contributed by atoms with Crippen molar-refractivity contribution in [3.8, 4) is 0 Å². The van der Waals surface area contributed by atoms with Gasteiger partial charge in [0.2, 0.25) is 0 Å². The molecule has 0 aromatic rings. The minimum Gasteiger partial charge on any atom is -0.462 e. The first-order valence-corrected chi connectivity index (χ1v) is 38.3. The van der Waals surface area contributed by atoms with E-state index in [2.05, 4.69) is 48.5 Å². The van der Waals surface area contributed by atoms with E-state index in [1.165, 1.54) is 141 Å². The zero-order valence-electron chi connectivity index (χ0n) is 56.5. The molecule has 0 aromatic carbocycles. The highest BCUT2D eigenvalue weighted by molar-refractivity contribution is 7.47. The van der Waals surface area contributed by atoms with Crippen LogP contribution in [0.25, 0.3) is 0 Å². The van der Waals surface area contributed by atoms with E-state index < -0.39 is 97.5 Å². The SMILES string of the molecule is CCCCCCCCCCCCCC(=O)O[C@H](COC(=O)CCCCCCCCC(C)C)COP(=O)(O)OC[C@H](O)COP(=O)(O)OC[C@@H](COC(=O)CCCCCCCCCCCCC(C)C)OC(=O)CCCCCCCCCCCCCC(C)C. The van der Waals surface area contributed by atoms with Crippen LogP contribution in [0.5, 0.6) is 0 Å². The molecule has 0 radical (unpaired) electrons. The normalized spacial score (nSPS) is 14.3. The zero-order chi connectivity index (χ0) is 64.5. The maximum absolute atomic E-state index is 13.0. The number of unbranched alkanes of at least 4 members (excludes halogenated alkanes) is 34. The van der Waals surface area contributed by atoms with E-state index in [1.807, 2.05) is 0 Å². The summed E-state index contributed by atoms with van der Waals surface area (Å²) in [6.45, 7) is 11.7. The number of ether oxygens (including phenoxy) is 4. The van der Waals surface area contributed by atoms with Gasteiger partial charge in [-0.05, 0) is 43.4 Å². The average molecular weight is 1280 g/mol. The van der Waals surface area contributed by atoms with Crippen molar-refractivity contribution in [3.05, 3.63) is 0 Å². The Balaban J connectivity index is 5.25. The molecule has 87 heavy (non-hydrogen) atoms. The van der Waals surface area contributed by atoms with Crippen molar-refractivity contribution in [2.75, 3.05) is 39.6 Å². The molecular formula is C68H132O17P2. The van der Waals surface area contributed by atoms with Crippen LogP contribution in [0.2, 0.25) is 0 Å². The number of carbonyl (C=O) groups excluding carboxylic acids is 4.